The number of aromatic carboxylic acids is 1. The van der Waals surface area contributed by atoms with Gasteiger partial charge in [0.2, 0.25) is 5.43 Å². The van der Waals surface area contributed by atoms with Crippen LogP contribution in [0, 0.1) is 5.82 Å². The number of carboxylic acid groups (broad SMARTS) is 1. The third-order valence-corrected chi connectivity index (χ3v) is 7.57. The molecule has 1 aromatic heterocycles. The molecule has 29 heavy (non-hydrogen) atoms. The molecule has 0 bridgehead atoms. The van der Waals surface area contributed by atoms with Crippen LogP contribution in [-0.4, -0.2) is 46.6 Å². The Morgan fingerprint density at radius 2 is 2.14 bits per heavy atom. The monoisotopic (exact) mass is 417 g/mol. The Morgan fingerprint density at radius 3 is 2.86 bits per heavy atom. The van der Waals surface area contributed by atoms with E-state index in [2.05, 4.69) is 10.2 Å². The molecule has 3 heterocycles. The van der Waals surface area contributed by atoms with E-state index in [0.717, 1.165) is 25.9 Å². The van der Waals surface area contributed by atoms with Crippen LogP contribution < -0.4 is 15.6 Å². The Hall–Kier alpha value is -2.06. The largest absolute Gasteiger partial charge is 0.477 e. The molecule has 2 fully saturated rings. The lowest BCUT2D eigenvalue weighted by molar-refractivity contribution is 0.0690. The van der Waals surface area contributed by atoms with Gasteiger partial charge in [0.25, 0.3) is 0 Å². The van der Waals surface area contributed by atoms with Gasteiger partial charge in [-0.05, 0) is 44.7 Å². The first-order valence-electron chi connectivity index (χ1n) is 10.2. The molecule has 1 aromatic carbocycles. The second-order valence-electron chi connectivity index (χ2n) is 8.34. The van der Waals surface area contributed by atoms with Crippen LogP contribution in [0.4, 0.5) is 10.1 Å². The van der Waals surface area contributed by atoms with Crippen molar-refractivity contribution in [3.63, 3.8) is 0 Å². The van der Waals surface area contributed by atoms with Crippen LogP contribution in [0.25, 0.3) is 10.9 Å². The number of carbonyl (C=O) groups is 1. The zero-order valence-electron chi connectivity index (χ0n) is 16.3. The van der Waals surface area contributed by atoms with Gasteiger partial charge >= 0.3 is 5.97 Å². The number of halogens is 1. The highest BCUT2D eigenvalue weighted by molar-refractivity contribution is 7.99. The fourth-order valence-electron chi connectivity index (χ4n) is 4.61. The molecule has 1 aliphatic carbocycles. The molecule has 2 atom stereocenters. The number of benzene rings is 1. The maximum atomic E-state index is 15.2. The van der Waals surface area contributed by atoms with Crippen LogP contribution in [-0.2, 0) is 0 Å². The van der Waals surface area contributed by atoms with Crippen LogP contribution in [0.1, 0.15) is 49.0 Å². The zero-order valence-corrected chi connectivity index (χ0v) is 17.1. The van der Waals surface area contributed by atoms with Gasteiger partial charge < -0.3 is 19.9 Å². The van der Waals surface area contributed by atoms with Gasteiger partial charge in [-0.3, -0.25) is 4.79 Å². The lowest BCUT2D eigenvalue weighted by atomic mass is 10.1. The van der Waals surface area contributed by atoms with Crippen molar-refractivity contribution in [1.29, 1.82) is 0 Å². The minimum absolute atomic E-state index is 0.0421. The summed E-state index contributed by atoms with van der Waals surface area (Å²) in [6.45, 7) is 3.62. The summed E-state index contributed by atoms with van der Waals surface area (Å²) < 4.78 is 17.1. The van der Waals surface area contributed by atoms with E-state index in [0.29, 0.717) is 28.0 Å². The Bertz CT molecular complexity index is 1070. The Labute approximate surface area is 172 Å². The minimum Gasteiger partial charge on any atom is -0.477 e. The molecule has 0 spiro atoms. The zero-order chi connectivity index (χ0) is 20.3. The summed E-state index contributed by atoms with van der Waals surface area (Å²) in [6, 6.07) is 3.89. The predicted molar refractivity (Wildman–Crippen MR) is 112 cm³/mol. The first kappa shape index (κ1) is 18.9. The summed E-state index contributed by atoms with van der Waals surface area (Å²) in [4.78, 5) is 26.7. The maximum Gasteiger partial charge on any atom is 0.342 e. The number of carboxylic acids is 1. The third-order valence-electron chi connectivity index (χ3n) is 6.25. The molecular weight excluding hydrogens is 393 g/mol. The molecule has 2 aromatic rings. The van der Waals surface area contributed by atoms with Crippen LogP contribution in [0.15, 0.2) is 22.0 Å². The number of fused-ring (bicyclic) bond motifs is 3. The minimum atomic E-state index is -1.25. The number of thioether (sulfide) groups is 1. The molecule has 2 N–H and O–H groups in total. The average Bonchev–Trinajstić information content (AvgIpc) is 3.27. The molecule has 6 nitrogen and oxygen atoms in total. The van der Waals surface area contributed by atoms with E-state index in [9.17, 15) is 14.7 Å². The first-order chi connectivity index (χ1) is 14.0. The molecule has 1 saturated heterocycles. The van der Waals surface area contributed by atoms with Crippen LogP contribution >= 0.6 is 11.8 Å². The Morgan fingerprint density at radius 1 is 1.34 bits per heavy atom. The lowest BCUT2D eigenvalue weighted by Crippen LogP contribution is -2.39. The summed E-state index contributed by atoms with van der Waals surface area (Å²) in [5.41, 5.74) is 0.300. The number of nitrogens with one attached hydrogen (secondary N) is 1. The second-order valence-corrected chi connectivity index (χ2v) is 9.35. The van der Waals surface area contributed by atoms with Crippen LogP contribution in [0.2, 0.25) is 0 Å². The SMILES string of the molecule is CC1CSc2c(C(=O)O)c(=O)c3cc(F)c(N4CCCC4CNC4CC4)cc3n21. The summed E-state index contributed by atoms with van der Waals surface area (Å²) in [5.74, 6) is -1.01. The average molecular weight is 418 g/mol. The molecule has 1 saturated carbocycles. The van der Waals surface area contributed by atoms with Crippen molar-refractivity contribution in [1.82, 2.24) is 9.88 Å². The third kappa shape index (κ3) is 3.13. The maximum absolute atomic E-state index is 15.2. The Kier molecular flexibility index (Phi) is 4.58. The molecule has 3 aliphatic rings. The van der Waals surface area contributed by atoms with E-state index in [1.807, 2.05) is 11.5 Å². The van der Waals surface area contributed by atoms with Gasteiger partial charge in [-0.2, -0.15) is 0 Å². The predicted octanol–water partition coefficient (Wildman–Crippen LogP) is 3.23. The van der Waals surface area contributed by atoms with Gasteiger partial charge in [0, 0.05) is 42.4 Å². The van der Waals surface area contributed by atoms with Crippen molar-refractivity contribution in [3.05, 3.63) is 33.7 Å². The van der Waals surface area contributed by atoms with Gasteiger partial charge in [-0.15, -0.1) is 11.8 Å². The summed E-state index contributed by atoms with van der Waals surface area (Å²) >= 11 is 1.39. The number of nitrogens with zero attached hydrogens (tertiary/aromatic N) is 2. The van der Waals surface area contributed by atoms with Gasteiger partial charge in [-0.1, -0.05) is 0 Å². The molecule has 8 heteroatoms. The van der Waals surface area contributed by atoms with Gasteiger partial charge in [0.15, 0.2) is 0 Å². The van der Waals surface area contributed by atoms with Crippen LogP contribution in [0.5, 0.6) is 0 Å². The van der Waals surface area contributed by atoms with E-state index in [-0.39, 0.29) is 23.0 Å². The fourth-order valence-corrected chi connectivity index (χ4v) is 5.90. The van der Waals surface area contributed by atoms with Crippen molar-refractivity contribution >= 4 is 34.3 Å². The molecule has 2 unspecified atom stereocenters. The number of anilines is 1. The number of hydrogen-bond acceptors (Lipinski definition) is 5. The standard InChI is InChI=1S/C21H24FN3O3S/c1-11-10-29-20-18(21(27)28)19(26)14-7-15(22)17(8-16(14)25(11)20)24-6-2-3-13(24)9-23-12-4-5-12/h7-8,11-13,23H,2-6,9-10H2,1H3,(H,27,28). The Balaban J connectivity index is 1.64. The molecule has 0 radical (unpaired) electrons. The van der Waals surface area contributed by atoms with E-state index in [1.165, 1.54) is 30.7 Å². The molecular formula is C21H24FN3O3S. The quantitative estimate of drug-likeness (QED) is 0.778. The summed E-state index contributed by atoms with van der Waals surface area (Å²) in [5, 5.41) is 13.8. The van der Waals surface area contributed by atoms with E-state index in [1.54, 1.807) is 6.07 Å². The van der Waals surface area contributed by atoms with Crippen molar-refractivity contribution in [2.45, 2.75) is 55.8 Å². The van der Waals surface area contributed by atoms with E-state index < -0.39 is 17.2 Å². The van der Waals surface area contributed by atoms with E-state index >= 15 is 4.39 Å². The highest BCUT2D eigenvalue weighted by Gasteiger charge is 2.33. The van der Waals surface area contributed by atoms with Crippen molar-refractivity contribution in [3.8, 4) is 0 Å². The van der Waals surface area contributed by atoms with E-state index in [4.69, 9.17) is 0 Å². The lowest BCUT2D eigenvalue weighted by Gasteiger charge is -2.28. The first-order valence-corrected chi connectivity index (χ1v) is 11.2. The number of rotatable bonds is 5. The molecule has 0 amide bonds. The van der Waals surface area contributed by atoms with Gasteiger partial charge in [0.05, 0.1) is 16.2 Å². The molecule has 5 rings (SSSR count). The van der Waals surface area contributed by atoms with Crippen molar-refractivity contribution < 1.29 is 14.3 Å². The normalized spacial score (nSPS) is 23.7. The highest BCUT2D eigenvalue weighted by Crippen LogP contribution is 2.39. The van der Waals surface area contributed by atoms with Gasteiger partial charge in [-0.25, -0.2) is 9.18 Å². The number of hydrogen-bond donors (Lipinski definition) is 2. The van der Waals surface area contributed by atoms with Crippen LogP contribution in [0.3, 0.4) is 0 Å². The van der Waals surface area contributed by atoms with Crippen molar-refractivity contribution in [2.24, 2.45) is 0 Å². The second kappa shape index (κ2) is 7.02. The number of pyridine rings is 1. The molecule has 154 valence electrons. The summed E-state index contributed by atoms with van der Waals surface area (Å²) in [6.07, 6.45) is 4.46. The van der Waals surface area contributed by atoms with Crippen molar-refractivity contribution in [2.75, 3.05) is 23.7 Å². The topological polar surface area (TPSA) is 74.6 Å². The highest BCUT2D eigenvalue weighted by atomic mass is 32.2. The smallest absolute Gasteiger partial charge is 0.342 e. The fraction of sp³-hybridized carbons (Fsp3) is 0.524. The molecule has 2 aliphatic heterocycles. The van der Waals surface area contributed by atoms with Gasteiger partial charge in [0.1, 0.15) is 11.4 Å². The number of aromatic nitrogens is 1. The summed E-state index contributed by atoms with van der Waals surface area (Å²) in [7, 11) is 0.